The third kappa shape index (κ3) is 3.57. The van der Waals surface area contributed by atoms with Crippen LogP contribution < -0.4 is 0 Å². The van der Waals surface area contributed by atoms with Gasteiger partial charge in [-0.1, -0.05) is 22.9 Å². The number of amides is 1. The van der Waals surface area contributed by atoms with Crippen molar-refractivity contribution in [3.05, 3.63) is 41.7 Å². The molecule has 1 aromatic carbocycles. The Morgan fingerprint density at radius 3 is 2.52 bits per heavy atom. The highest BCUT2D eigenvalue weighted by molar-refractivity contribution is 5.92. The van der Waals surface area contributed by atoms with Crippen LogP contribution in [0, 0.1) is 6.92 Å². The first-order valence-electron chi connectivity index (χ1n) is 7.79. The van der Waals surface area contributed by atoms with E-state index in [1.165, 1.54) is 5.56 Å². The van der Waals surface area contributed by atoms with Crippen LogP contribution >= 0.6 is 0 Å². The van der Waals surface area contributed by atoms with Crippen molar-refractivity contribution in [2.75, 3.05) is 39.3 Å². The van der Waals surface area contributed by atoms with E-state index < -0.39 is 0 Å². The lowest BCUT2D eigenvalue weighted by Crippen LogP contribution is -2.49. The van der Waals surface area contributed by atoms with Crippen LogP contribution in [0.3, 0.4) is 0 Å². The van der Waals surface area contributed by atoms with Crippen LogP contribution in [-0.4, -0.2) is 75.1 Å². The van der Waals surface area contributed by atoms with E-state index in [4.69, 9.17) is 5.11 Å². The average molecular weight is 315 g/mol. The molecule has 3 rings (SSSR count). The van der Waals surface area contributed by atoms with Gasteiger partial charge in [-0.25, -0.2) is 4.68 Å². The van der Waals surface area contributed by atoms with E-state index in [0.29, 0.717) is 25.3 Å². The van der Waals surface area contributed by atoms with Crippen molar-refractivity contribution in [2.24, 2.45) is 0 Å². The van der Waals surface area contributed by atoms with Gasteiger partial charge < -0.3 is 10.0 Å². The van der Waals surface area contributed by atoms with Gasteiger partial charge in [-0.15, -0.1) is 5.10 Å². The minimum absolute atomic E-state index is 0.0907. The fraction of sp³-hybridized carbons (Fsp3) is 0.438. The van der Waals surface area contributed by atoms with Crippen molar-refractivity contribution < 1.29 is 9.90 Å². The third-order valence-corrected chi connectivity index (χ3v) is 4.09. The molecule has 122 valence electrons. The van der Waals surface area contributed by atoms with Gasteiger partial charge in [-0.3, -0.25) is 9.69 Å². The number of benzene rings is 1. The maximum absolute atomic E-state index is 12.5. The van der Waals surface area contributed by atoms with E-state index in [2.05, 4.69) is 15.2 Å². The van der Waals surface area contributed by atoms with Crippen LogP contribution in [-0.2, 0) is 0 Å². The SMILES string of the molecule is Cc1ccc(-n2cc(C(=O)N3CCN(CCO)CC3)nn2)cc1. The summed E-state index contributed by atoms with van der Waals surface area (Å²) in [6.45, 7) is 5.68. The summed E-state index contributed by atoms with van der Waals surface area (Å²) in [4.78, 5) is 16.4. The lowest BCUT2D eigenvalue weighted by atomic mass is 10.2. The van der Waals surface area contributed by atoms with Crippen LogP contribution in [0.15, 0.2) is 30.5 Å². The van der Waals surface area contributed by atoms with Crippen LogP contribution in [0.4, 0.5) is 0 Å². The molecule has 7 heteroatoms. The highest BCUT2D eigenvalue weighted by Crippen LogP contribution is 2.11. The summed E-state index contributed by atoms with van der Waals surface area (Å²) in [5.74, 6) is -0.0907. The Hall–Kier alpha value is -2.25. The predicted molar refractivity (Wildman–Crippen MR) is 85.5 cm³/mol. The molecule has 2 heterocycles. The molecule has 2 aromatic rings. The Morgan fingerprint density at radius 1 is 1.17 bits per heavy atom. The van der Waals surface area contributed by atoms with Gasteiger partial charge in [0.1, 0.15) is 0 Å². The van der Waals surface area contributed by atoms with Gasteiger partial charge in [-0.05, 0) is 19.1 Å². The molecule has 0 atom stereocenters. The van der Waals surface area contributed by atoms with Crippen molar-refractivity contribution in [3.63, 3.8) is 0 Å². The molecule has 1 aromatic heterocycles. The zero-order valence-corrected chi connectivity index (χ0v) is 13.2. The number of carbonyl (C=O) groups excluding carboxylic acids is 1. The smallest absolute Gasteiger partial charge is 0.276 e. The van der Waals surface area contributed by atoms with Gasteiger partial charge in [0.25, 0.3) is 5.91 Å². The van der Waals surface area contributed by atoms with E-state index in [9.17, 15) is 4.79 Å². The average Bonchev–Trinajstić information content (AvgIpc) is 3.06. The molecule has 0 unspecified atom stereocenters. The summed E-state index contributed by atoms with van der Waals surface area (Å²) in [6, 6.07) is 7.90. The lowest BCUT2D eigenvalue weighted by molar-refractivity contribution is 0.0609. The van der Waals surface area contributed by atoms with E-state index in [1.54, 1.807) is 15.8 Å². The number of piperazine rings is 1. The Morgan fingerprint density at radius 2 is 1.87 bits per heavy atom. The van der Waals surface area contributed by atoms with Crippen LogP contribution in [0.1, 0.15) is 16.1 Å². The summed E-state index contributed by atoms with van der Waals surface area (Å²) in [5, 5.41) is 17.0. The van der Waals surface area contributed by atoms with E-state index >= 15 is 0 Å². The number of rotatable bonds is 4. The molecule has 1 saturated heterocycles. The van der Waals surface area contributed by atoms with E-state index in [0.717, 1.165) is 18.8 Å². The first-order chi connectivity index (χ1) is 11.2. The van der Waals surface area contributed by atoms with Crippen molar-refractivity contribution >= 4 is 5.91 Å². The minimum atomic E-state index is -0.0907. The molecule has 1 fully saturated rings. The molecule has 0 bridgehead atoms. The fourth-order valence-corrected chi connectivity index (χ4v) is 2.66. The van der Waals surface area contributed by atoms with Crippen molar-refractivity contribution in [2.45, 2.75) is 6.92 Å². The van der Waals surface area contributed by atoms with Crippen LogP contribution in [0.2, 0.25) is 0 Å². The number of nitrogens with zero attached hydrogens (tertiary/aromatic N) is 5. The minimum Gasteiger partial charge on any atom is -0.395 e. The molecular formula is C16H21N5O2. The monoisotopic (exact) mass is 315 g/mol. The maximum atomic E-state index is 12.5. The summed E-state index contributed by atoms with van der Waals surface area (Å²) in [5.41, 5.74) is 2.42. The largest absolute Gasteiger partial charge is 0.395 e. The molecule has 0 radical (unpaired) electrons. The molecule has 1 N–H and O–H groups in total. The molecular weight excluding hydrogens is 294 g/mol. The number of aromatic nitrogens is 3. The molecule has 1 aliphatic rings. The molecule has 0 spiro atoms. The van der Waals surface area contributed by atoms with Gasteiger partial charge in [0.2, 0.25) is 0 Å². The van der Waals surface area contributed by atoms with Crippen LogP contribution in [0.5, 0.6) is 0 Å². The zero-order valence-electron chi connectivity index (χ0n) is 13.2. The third-order valence-electron chi connectivity index (χ3n) is 4.09. The second-order valence-corrected chi connectivity index (χ2v) is 5.74. The number of aryl methyl sites for hydroxylation is 1. The number of carbonyl (C=O) groups is 1. The highest BCUT2D eigenvalue weighted by atomic mass is 16.3. The summed E-state index contributed by atoms with van der Waals surface area (Å²) >= 11 is 0. The lowest BCUT2D eigenvalue weighted by Gasteiger charge is -2.33. The molecule has 1 aliphatic heterocycles. The zero-order chi connectivity index (χ0) is 16.2. The Kier molecular flexibility index (Phi) is 4.68. The van der Waals surface area contributed by atoms with E-state index in [-0.39, 0.29) is 12.5 Å². The Bertz CT molecular complexity index is 659. The number of hydrogen-bond acceptors (Lipinski definition) is 5. The standard InChI is InChI=1S/C16H21N5O2/c1-13-2-4-14(5-3-13)21-12-15(17-18-21)16(23)20-8-6-19(7-9-20)10-11-22/h2-5,12,22H,6-11H2,1H3. The molecule has 1 amide bonds. The van der Waals surface area contributed by atoms with Crippen LogP contribution in [0.25, 0.3) is 5.69 Å². The normalized spacial score (nSPS) is 15.8. The number of aliphatic hydroxyl groups is 1. The number of hydrogen-bond donors (Lipinski definition) is 1. The van der Waals surface area contributed by atoms with Gasteiger partial charge >= 0.3 is 0 Å². The van der Waals surface area contributed by atoms with Crippen molar-refractivity contribution in [3.8, 4) is 5.69 Å². The maximum Gasteiger partial charge on any atom is 0.276 e. The molecule has 0 aliphatic carbocycles. The van der Waals surface area contributed by atoms with Gasteiger partial charge in [0.15, 0.2) is 5.69 Å². The number of aliphatic hydroxyl groups excluding tert-OH is 1. The fourth-order valence-electron chi connectivity index (χ4n) is 2.66. The predicted octanol–water partition coefficient (Wildman–Crippen LogP) is 0.326. The quantitative estimate of drug-likeness (QED) is 0.880. The Labute approximate surface area is 135 Å². The molecule has 7 nitrogen and oxygen atoms in total. The molecule has 0 saturated carbocycles. The van der Waals surface area contributed by atoms with Gasteiger partial charge in [0.05, 0.1) is 18.5 Å². The van der Waals surface area contributed by atoms with E-state index in [1.807, 2.05) is 31.2 Å². The summed E-state index contributed by atoms with van der Waals surface area (Å²) in [7, 11) is 0. The first-order valence-corrected chi connectivity index (χ1v) is 7.79. The Balaban J connectivity index is 1.66. The van der Waals surface area contributed by atoms with Gasteiger partial charge in [-0.2, -0.15) is 0 Å². The van der Waals surface area contributed by atoms with Crippen molar-refractivity contribution in [1.29, 1.82) is 0 Å². The second kappa shape index (κ2) is 6.89. The summed E-state index contributed by atoms with van der Waals surface area (Å²) < 4.78 is 1.62. The summed E-state index contributed by atoms with van der Waals surface area (Å²) in [6.07, 6.45) is 1.67. The van der Waals surface area contributed by atoms with Crippen molar-refractivity contribution in [1.82, 2.24) is 24.8 Å². The number of β-amino-alcohol motifs (C(OH)–C–C–N with tert-alkyl or cyclic N) is 1. The second-order valence-electron chi connectivity index (χ2n) is 5.74. The first kappa shape index (κ1) is 15.6. The highest BCUT2D eigenvalue weighted by Gasteiger charge is 2.23. The topological polar surface area (TPSA) is 74.5 Å². The van der Waals surface area contributed by atoms with Gasteiger partial charge in [0, 0.05) is 32.7 Å². The molecule has 23 heavy (non-hydrogen) atoms.